The predicted octanol–water partition coefficient (Wildman–Crippen LogP) is 6.86. The minimum absolute atomic E-state index is 0.0342. The van der Waals surface area contributed by atoms with Crippen LogP contribution >= 0.6 is 11.3 Å². The monoisotopic (exact) mass is 577 g/mol. The maximum Gasteiger partial charge on any atom is 0.411 e. The lowest BCUT2D eigenvalue weighted by Gasteiger charge is -2.30. The van der Waals surface area contributed by atoms with Gasteiger partial charge in [-0.15, -0.1) is 11.3 Å². The van der Waals surface area contributed by atoms with Gasteiger partial charge in [0.2, 0.25) is 0 Å². The number of morpholine rings is 1. The fourth-order valence-corrected chi connectivity index (χ4v) is 6.27. The number of carbonyl (C=O) groups is 1. The van der Waals surface area contributed by atoms with Crippen LogP contribution in [0, 0.1) is 19.8 Å². The maximum atomic E-state index is 12.3. The molecule has 5 rings (SSSR count). The molecule has 2 fully saturated rings. The van der Waals surface area contributed by atoms with Crippen LogP contribution in [0.25, 0.3) is 0 Å². The van der Waals surface area contributed by atoms with E-state index in [0.717, 1.165) is 93.2 Å². The Morgan fingerprint density at radius 2 is 1.90 bits per heavy atom. The number of aryl methyl sites for hydroxylation is 5. The summed E-state index contributed by atoms with van der Waals surface area (Å²) >= 11 is 1.80. The van der Waals surface area contributed by atoms with Crippen molar-refractivity contribution in [3.8, 4) is 0 Å². The van der Waals surface area contributed by atoms with Gasteiger partial charge >= 0.3 is 6.09 Å². The Balaban J connectivity index is 1.34. The Kier molecular flexibility index (Phi) is 9.77. The standard InChI is InChI=1S/C32H43N5O3S/c1-5-28-22(4)41-31(36-28)10-9-25-18-27(37-11-13-39-14-12-37)19-30(33-25)35-29(6-2)24-15-21(3)16-26(17-24)34-32(38)40-20-23-7-8-23/h15-19,23,29H,5-14,20H2,1-4H3,(H,33,35)(H,34,38). The molecule has 9 heteroatoms. The van der Waals surface area contributed by atoms with E-state index in [0.29, 0.717) is 12.5 Å². The summed E-state index contributed by atoms with van der Waals surface area (Å²) in [5, 5.41) is 7.82. The van der Waals surface area contributed by atoms with E-state index >= 15 is 0 Å². The molecular weight excluding hydrogens is 534 g/mol. The molecule has 3 heterocycles. The van der Waals surface area contributed by atoms with E-state index in [4.69, 9.17) is 19.4 Å². The second-order valence-electron chi connectivity index (χ2n) is 11.2. The van der Waals surface area contributed by atoms with Gasteiger partial charge in [0, 0.05) is 47.5 Å². The van der Waals surface area contributed by atoms with Crippen LogP contribution in [0.4, 0.5) is 22.0 Å². The Labute approximate surface area is 247 Å². The molecule has 1 aliphatic carbocycles. The molecule has 1 saturated heterocycles. The van der Waals surface area contributed by atoms with Crippen molar-refractivity contribution in [2.75, 3.05) is 48.4 Å². The van der Waals surface area contributed by atoms with Crippen LogP contribution < -0.4 is 15.5 Å². The minimum Gasteiger partial charge on any atom is -0.449 e. The molecule has 2 aliphatic rings. The molecule has 1 unspecified atom stereocenters. The lowest BCUT2D eigenvalue weighted by Crippen LogP contribution is -2.36. The quantitative estimate of drug-likeness (QED) is 0.243. The molecule has 8 nitrogen and oxygen atoms in total. The van der Waals surface area contributed by atoms with Gasteiger partial charge in [-0.1, -0.05) is 19.9 Å². The van der Waals surface area contributed by atoms with Gasteiger partial charge in [0.25, 0.3) is 0 Å². The molecule has 220 valence electrons. The molecule has 1 amide bonds. The molecule has 2 aromatic heterocycles. The van der Waals surface area contributed by atoms with Gasteiger partial charge in [0.05, 0.1) is 36.6 Å². The smallest absolute Gasteiger partial charge is 0.411 e. The zero-order chi connectivity index (χ0) is 28.8. The largest absolute Gasteiger partial charge is 0.449 e. The van der Waals surface area contributed by atoms with Gasteiger partial charge in [-0.2, -0.15) is 0 Å². The second kappa shape index (κ2) is 13.7. The SMILES string of the molecule is CCc1nc(CCc2cc(N3CCOCC3)cc(NC(CC)c3cc(C)cc(NC(=O)OCC4CC4)c3)n2)sc1C. The lowest BCUT2D eigenvalue weighted by molar-refractivity contribution is 0.122. The van der Waals surface area contributed by atoms with E-state index in [2.05, 4.69) is 61.4 Å². The van der Waals surface area contributed by atoms with Crippen molar-refractivity contribution in [3.05, 3.63) is 62.7 Å². The van der Waals surface area contributed by atoms with Crippen molar-refractivity contribution in [3.63, 3.8) is 0 Å². The molecule has 3 aromatic rings. The van der Waals surface area contributed by atoms with Crippen LogP contribution in [0.3, 0.4) is 0 Å². The zero-order valence-electron chi connectivity index (χ0n) is 24.8. The molecule has 1 aliphatic heterocycles. The summed E-state index contributed by atoms with van der Waals surface area (Å²) in [5.41, 5.74) is 6.38. The van der Waals surface area contributed by atoms with Gasteiger partial charge in [-0.25, -0.2) is 14.8 Å². The number of hydrogen-bond donors (Lipinski definition) is 2. The number of ether oxygens (including phenoxy) is 2. The highest BCUT2D eigenvalue weighted by Gasteiger charge is 2.23. The molecule has 41 heavy (non-hydrogen) atoms. The molecule has 0 spiro atoms. The first-order chi connectivity index (χ1) is 19.9. The minimum atomic E-state index is -0.388. The Hall–Kier alpha value is -3.17. The molecule has 1 aromatic carbocycles. The van der Waals surface area contributed by atoms with E-state index in [1.165, 1.54) is 21.3 Å². The number of anilines is 3. The number of nitrogens with one attached hydrogen (secondary N) is 2. The van der Waals surface area contributed by atoms with E-state index in [1.807, 2.05) is 12.1 Å². The number of hydrogen-bond acceptors (Lipinski definition) is 8. The molecule has 0 radical (unpaired) electrons. The molecule has 1 saturated carbocycles. The van der Waals surface area contributed by atoms with E-state index in [9.17, 15) is 4.79 Å². The summed E-state index contributed by atoms with van der Waals surface area (Å²) < 4.78 is 11.0. The average molecular weight is 578 g/mol. The topological polar surface area (TPSA) is 88.6 Å². The highest BCUT2D eigenvalue weighted by molar-refractivity contribution is 7.11. The van der Waals surface area contributed by atoms with Crippen LogP contribution in [0.15, 0.2) is 30.3 Å². The Morgan fingerprint density at radius 3 is 2.61 bits per heavy atom. The van der Waals surface area contributed by atoms with Crippen LogP contribution in [-0.4, -0.2) is 49.0 Å². The number of nitrogens with zero attached hydrogens (tertiary/aromatic N) is 3. The van der Waals surface area contributed by atoms with Gasteiger partial charge in [-0.05, 0) is 81.2 Å². The first kappa shape index (κ1) is 29.3. The normalized spacial score (nSPS) is 16.0. The number of thiazole rings is 1. The zero-order valence-corrected chi connectivity index (χ0v) is 25.6. The van der Waals surface area contributed by atoms with Crippen LogP contribution in [-0.2, 0) is 28.7 Å². The molecule has 0 bridgehead atoms. The second-order valence-corrected chi connectivity index (χ2v) is 12.5. The molecular formula is C32H43N5O3S. The fraction of sp³-hybridized carbons (Fsp3) is 0.531. The number of carbonyl (C=O) groups excluding carboxylic acids is 1. The average Bonchev–Trinajstić information content (AvgIpc) is 3.74. The van der Waals surface area contributed by atoms with E-state index in [1.54, 1.807) is 11.3 Å². The van der Waals surface area contributed by atoms with Gasteiger partial charge in [-0.3, -0.25) is 5.32 Å². The van der Waals surface area contributed by atoms with Gasteiger partial charge < -0.3 is 19.7 Å². The lowest BCUT2D eigenvalue weighted by atomic mass is 10.0. The third-order valence-electron chi connectivity index (χ3n) is 7.73. The maximum absolute atomic E-state index is 12.3. The highest BCUT2D eigenvalue weighted by atomic mass is 32.1. The van der Waals surface area contributed by atoms with Crippen molar-refractivity contribution < 1.29 is 14.3 Å². The van der Waals surface area contributed by atoms with Crippen molar-refractivity contribution in [1.82, 2.24) is 9.97 Å². The van der Waals surface area contributed by atoms with Crippen LogP contribution in [0.2, 0.25) is 0 Å². The van der Waals surface area contributed by atoms with E-state index in [-0.39, 0.29) is 12.1 Å². The number of amides is 1. The summed E-state index contributed by atoms with van der Waals surface area (Å²) in [6, 6.07) is 10.6. The van der Waals surface area contributed by atoms with Gasteiger partial charge in [0.15, 0.2) is 0 Å². The number of aromatic nitrogens is 2. The first-order valence-corrected chi connectivity index (χ1v) is 15.8. The first-order valence-electron chi connectivity index (χ1n) is 15.0. The van der Waals surface area contributed by atoms with Crippen LogP contribution in [0.1, 0.15) is 71.6 Å². The fourth-order valence-electron chi connectivity index (χ4n) is 5.25. The highest BCUT2D eigenvalue weighted by Crippen LogP contribution is 2.30. The van der Waals surface area contributed by atoms with E-state index < -0.39 is 0 Å². The summed E-state index contributed by atoms with van der Waals surface area (Å²) in [6.45, 7) is 12.2. The summed E-state index contributed by atoms with van der Waals surface area (Å²) in [7, 11) is 0. The summed E-state index contributed by atoms with van der Waals surface area (Å²) in [5.74, 6) is 1.40. The predicted molar refractivity (Wildman–Crippen MR) is 166 cm³/mol. The van der Waals surface area contributed by atoms with Crippen molar-refractivity contribution in [1.29, 1.82) is 0 Å². The van der Waals surface area contributed by atoms with Crippen molar-refractivity contribution in [2.24, 2.45) is 5.92 Å². The summed E-state index contributed by atoms with van der Waals surface area (Å²) in [4.78, 5) is 26.0. The Morgan fingerprint density at radius 1 is 1.10 bits per heavy atom. The molecule has 2 N–H and O–H groups in total. The van der Waals surface area contributed by atoms with Gasteiger partial charge in [0.1, 0.15) is 5.82 Å². The number of rotatable bonds is 12. The molecule has 1 atom stereocenters. The van der Waals surface area contributed by atoms with Crippen LogP contribution in [0.5, 0.6) is 0 Å². The number of benzene rings is 1. The summed E-state index contributed by atoms with van der Waals surface area (Å²) in [6.07, 6.45) is 5.47. The van der Waals surface area contributed by atoms with Crippen molar-refractivity contribution in [2.45, 2.75) is 72.3 Å². The Bertz CT molecular complexity index is 1330. The number of pyridine rings is 1. The van der Waals surface area contributed by atoms with Crippen molar-refractivity contribution >= 4 is 34.6 Å². The third-order valence-corrected chi connectivity index (χ3v) is 8.80. The third kappa shape index (κ3) is 8.20.